The average molecular weight is 300 g/mol. The van der Waals surface area contributed by atoms with Gasteiger partial charge in [0.1, 0.15) is 4.88 Å². The van der Waals surface area contributed by atoms with Crippen LogP contribution in [0.2, 0.25) is 0 Å². The zero-order valence-electron chi connectivity index (χ0n) is 12.0. The predicted octanol–water partition coefficient (Wildman–Crippen LogP) is 4.02. The zero-order chi connectivity index (χ0) is 15.0. The number of carbonyl (C=O) groups is 1. The van der Waals surface area contributed by atoms with Crippen LogP contribution in [0.25, 0.3) is 16.2 Å². The molecule has 108 valence electrons. The Morgan fingerprint density at radius 2 is 2.05 bits per heavy atom. The highest BCUT2D eigenvalue weighted by molar-refractivity contribution is 7.19. The van der Waals surface area contributed by atoms with Gasteiger partial charge in [0.05, 0.1) is 5.69 Å². The molecule has 0 fully saturated rings. The van der Waals surface area contributed by atoms with Gasteiger partial charge in [0, 0.05) is 17.0 Å². The fourth-order valence-corrected chi connectivity index (χ4v) is 3.67. The summed E-state index contributed by atoms with van der Waals surface area (Å²) in [7, 11) is 0. The molecular weight excluding hydrogens is 284 g/mol. The van der Waals surface area contributed by atoms with Crippen molar-refractivity contribution in [2.24, 2.45) is 0 Å². The quantitative estimate of drug-likeness (QED) is 0.791. The molecule has 0 saturated carbocycles. The average Bonchev–Trinajstić information content (AvgIpc) is 2.99. The summed E-state index contributed by atoms with van der Waals surface area (Å²) in [6.45, 7) is 4.05. The molecule has 2 heterocycles. The first kappa shape index (κ1) is 13.8. The van der Waals surface area contributed by atoms with Crippen LogP contribution in [0, 0.1) is 6.92 Å². The van der Waals surface area contributed by atoms with Gasteiger partial charge in [0.2, 0.25) is 0 Å². The van der Waals surface area contributed by atoms with E-state index in [4.69, 9.17) is 0 Å². The molecule has 0 unspecified atom stereocenters. The molecule has 5 heteroatoms. The Morgan fingerprint density at radius 1 is 1.33 bits per heavy atom. The number of nitrogens with zero attached hydrogens (tertiary/aromatic N) is 2. The van der Waals surface area contributed by atoms with Crippen LogP contribution in [0.3, 0.4) is 0 Å². The van der Waals surface area contributed by atoms with Gasteiger partial charge in [-0.15, -0.1) is 0 Å². The lowest BCUT2D eigenvalue weighted by atomic mass is 10.1. The zero-order valence-corrected chi connectivity index (χ0v) is 12.8. The fraction of sp³-hybridized carbons (Fsp3) is 0.250. The lowest BCUT2D eigenvalue weighted by molar-refractivity contribution is 0.0700. The summed E-state index contributed by atoms with van der Waals surface area (Å²) < 4.78 is 2.00. The maximum atomic E-state index is 11.4. The van der Waals surface area contributed by atoms with Crippen LogP contribution in [-0.2, 0) is 6.42 Å². The van der Waals surface area contributed by atoms with E-state index >= 15 is 0 Å². The van der Waals surface area contributed by atoms with Crippen molar-refractivity contribution in [2.45, 2.75) is 26.7 Å². The Morgan fingerprint density at radius 3 is 2.67 bits per heavy atom. The highest BCUT2D eigenvalue weighted by Gasteiger charge is 2.22. The van der Waals surface area contributed by atoms with Crippen molar-refractivity contribution in [3.63, 3.8) is 0 Å². The third kappa shape index (κ3) is 2.23. The number of aryl methyl sites for hydroxylation is 2. The van der Waals surface area contributed by atoms with Crippen molar-refractivity contribution in [3.05, 3.63) is 46.6 Å². The monoisotopic (exact) mass is 300 g/mol. The minimum atomic E-state index is -0.866. The topological polar surface area (TPSA) is 54.6 Å². The Labute approximate surface area is 126 Å². The summed E-state index contributed by atoms with van der Waals surface area (Å²) >= 11 is 1.25. The summed E-state index contributed by atoms with van der Waals surface area (Å²) in [6.07, 6.45) is 1.65. The SMILES string of the molecule is CCCc1c(C(=O)O)sc2nc(-c3ccccc3)c(C)n12. The van der Waals surface area contributed by atoms with Crippen molar-refractivity contribution >= 4 is 22.3 Å². The molecule has 0 bridgehead atoms. The maximum absolute atomic E-state index is 11.4. The summed E-state index contributed by atoms with van der Waals surface area (Å²) in [5.41, 5.74) is 3.85. The Kier molecular flexibility index (Phi) is 3.51. The van der Waals surface area contributed by atoms with Crippen LogP contribution < -0.4 is 0 Å². The van der Waals surface area contributed by atoms with Gasteiger partial charge in [-0.1, -0.05) is 55.0 Å². The van der Waals surface area contributed by atoms with Crippen LogP contribution in [0.1, 0.15) is 34.4 Å². The largest absolute Gasteiger partial charge is 0.477 e. The minimum absolute atomic E-state index is 0.405. The first-order valence-corrected chi connectivity index (χ1v) is 7.74. The number of fused-ring (bicyclic) bond motifs is 1. The van der Waals surface area contributed by atoms with Gasteiger partial charge in [-0.3, -0.25) is 4.40 Å². The van der Waals surface area contributed by atoms with Gasteiger partial charge in [0.15, 0.2) is 4.96 Å². The Hall–Kier alpha value is -2.14. The molecule has 3 rings (SSSR count). The molecule has 2 aromatic heterocycles. The first-order chi connectivity index (χ1) is 10.1. The molecule has 3 aromatic rings. The molecule has 21 heavy (non-hydrogen) atoms. The smallest absolute Gasteiger partial charge is 0.347 e. The number of aromatic nitrogens is 2. The lowest BCUT2D eigenvalue weighted by Crippen LogP contribution is -2.02. The number of thiazole rings is 1. The summed E-state index contributed by atoms with van der Waals surface area (Å²) in [5, 5.41) is 9.36. The van der Waals surface area contributed by atoms with E-state index in [0.29, 0.717) is 4.88 Å². The molecular formula is C16H16N2O2S. The Bertz CT molecular complexity index is 803. The fourth-order valence-electron chi connectivity index (χ4n) is 2.61. The summed E-state index contributed by atoms with van der Waals surface area (Å²) in [5.74, 6) is -0.866. The van der Waals surface area contributed by atoms with E-state index in [0.717, 1.165) is 40.4 Å². The normalized spacial score (nSPS) is 11.1. The number of aromatic carboxylic acids is 1. The highest BCUT2D eigenvalue weighted by Crippen LogP contribution is 2.31. The number of carboxylic acid groups (broad SMARTS) is 1. The number of hydrogen-bond donors (Lipinski definition) is 1. The predicted molar refractivity (Wildman–Crippen MR) is 84.2 cm³/mol. The van der Waals surface area contributed by atoms with Gasteiger partial charge >= 0.3 is 5.97 Å². The molecule has 0 atom stereocenters. The van der Waals surface area contributed by atoms with Crippen molar-refractivity contribution in [1.82, 2.24) is 9.38 Å². The third-order valence-electron chi connectivity index (χ3n) is 3.53. The number of carboxylic acids is 1. The first-order valence-electron chi connectivity index (χ1n) is 6.93. The van der Waals surface area contributed by atoms with Gasteiger partial charge in [-0.25, -0.2) is 9.78 Å². The van der Waals surface area contributed by atoms with Crippen molar-refractivity contribution in [1.29, 1.82) is 0 Å². The van der Waals surface area contributed by atoms with Crippen molar-refractivity contribution in [3.8, 4) is 11.3 Å². The molecule has 0 aliphatic carbocycles. The van der Waals surface area contributed by atoms with Gasteiger partial charge < -0.3 is 5.11 Å². The van der Waals surface area contributed by atoms with Gasteiger partial charge in [-0.05, 0) is 13.3 Å². The number of benzene rings is 1. The van der Waals surface area contributed by atoms with Crippen LogP contribution in [-0.4, -0.2) is 20.5 Å². The van der Waals surface area contributed by atoms with E-state index in [2.05, 4.69) is 11.9 Å². The molecule has 0 saturated heterocycles. The second kappa shape index (κ2) is 5.33. The number of hydrogen-bond acceptors (Lipinski definition) is 3. The molecule has 0 aliphatic heterocycles. The van der Waals surface area contributed by atoms with E-state index < -0.39 is 5.97 Å². The third-order valence-corrected chi connectivity index (χ3v) is 4.60. The lowest BCUT2D eigenvalue weighted by Gasteiger charge is -2.03. The van der Waals surface area contributed by atoms with Crippen LogP contribution in [0.5, 0.6) is 0 Å². The molecule has 0 amide bonds. The molecule has 1 aromatic carbocycles. The van der Waals surface area contributed by atoms with E-state index in [1.807, 2.05) is 41.7 Å². The molecule has 1 N–H and O–H groups in total. The highest BCUT2D eigenvalue weighted by atomic mass is 32.1. The minimum Gasteiger partial charge on any atom is -0.477 e. The summed E-state index contributed by atoms with van der Waals surface area (Å²) in [4.78, 5) is 17.2. The van der Waals surface area contributed by atoms with Crippen LogP contribution >= 0.6 is 11.3 Å². The van der Waals surface area contributed by atoms with Gasteiger partial charge in [0.25, 0.3) is 0 Å². The second-order valence-electron chi connectivity index (χ2n) is 4.96. The standard InChI is InChI=1S/C16H16N2O2S/c1-3-7-12-14(15(19)20)21-16-17-13(10(2)18(12)16)11-8-5-4-6-9-11/h4-6,8-9H,3,7H2,1-2H3,(H,19,20). The van der Waals surface area contributed by atoms with E-state index in [1.54, 1.807) is 0 Å². The van der Waals surface area contributed by atoms with Crippen molar-refractivity contribution < 1.29 is 9.90 Å². The van der Waals surface area contributed by atoms with Crippen molar-refractivity contribution in [2.75, 3.05) is 0 Å². The molecule has 0 aliphatic rings. The van der Waals surface area contributed by atoms with Crippen LogP contribution in [0.4, 0.5) is 0 Å². The maximum Gasteiger partial charge on any atom is 0.347 e. The number of rotatable bonds is 4. The van der Waals surface area contributed by atoms with E-state index in [1.165, 1.54) is 11.3 Å². The summed E-state index contributed by atoms with van der Waals surface area (Å²) in [6, 6.07) is 9.99. The van der Waals surface area contributed by atoms with Gasteiger partial charge in [-0.2, -0.15) is 0 Å². The van der Waals surface area contributed by atoms with E-state index in [9.17, 15) is 9.90 Å². The second-order valence-corrected chi connectivity index (χ2v) is 5.94. The molecule has 0 radical (unpaired) electrons. The number of imidazole rings is 1. The Balaban J connectivity index is 2.25. The van der Waals surface area contributed by atoms with Crippen LogP contribution in [0.15, 0.2) is 30.3 Å². The molecule has 0 spiro atoms. The van der Waals surface area contributed by atoms with E-state index in [-0.39, 0.29) is 0 Å². The molecule has 4 nitrogen and oxygen atoms in total.